The van der Waals surface area contributed by atoms with Crippen LogP contribution in [-0.2, 0) is 4.79 Å². The summed E-state index contributed by atoms with van der Waals surface area (Å²) in [5.74, 6) is -0.0516. The highest BCUT2D eigenvalue weighted by molar-refractivity contribution is 5.86. The van der Waals surface area contributed by atoms with E-state index in [9.17, 15) is 9.90 Å². The van der Waals surface area contributed by atoms with Crippen LogP contribution in [0.2, 0.25) is 0 Å². The van der Waals surface area contributed by atoms with Crippen molar-refractivity contribution in [3.63, 3.8) is 0 Å². The van der Waals surface area contributed by atoms with Crippen molar-refractivity contribution in [1.82, 2.24) is 9.80 Å². The molecule has 2 aliphatic rings. The highest BCUT2D eigenvalue weighted by Crippen LogP contribution is 2.27. The third-order valence-corrected chi connectivity index (χ3v) is 4.30. The van der Waals surface area contributed by atoms with E-state index in [1.165, 1.54) is 19.3 Å². The van der Waals surface area contributed by atoms with Gasteiger partial charge in [-0.25, -0.2) is 0 Å². The standard InChI is InChI=1S/C16H30N2O2/c1-15(2,3)12-18-11-7-8-16(20,14(18)19)13-17-9-5-4-6-10-17/h20H,4-13H2,1-3H3. The van der Waals surface area contributed by atoms with Crippen molar-refractivity contribution in [2.24, 2.45) is 5.41 Å². The third kappa shape index (κ3) is 3.95. The fourth-order valence-electron chi connectivity index (χ4n) is 3.42. The van der Waals surface area contributed by atoms with Gasteiger partial charge in [-0.3, -0.25) is 9.69 Å². The van der Waals surface area contributed by atoms with E-state index in [1.807, 2.05) is 4.90 Å². The lowest BCUT2D eigenvalue weighted by Gasteiger charge is -2.43. The number of aliphatic hydroxyl groups is 1. The van der Waals surface area contributed by atoms with Crippen molar-refractivity contribution in [2.45, 2.75) is 58.5 Å². The zero-order valence-electron chi connectivity index (χ0n) is 13.3. The Labute approximate surface area is 123 Å². The van der Waals surface area contributed by atoms with Gasteiger partial charge in [0.25, 0.3) is 5.91 Å². The monoisotopic (exact) mass is 282 g/mol. The Bertz CT molecular complexity index is 345. The van der Waals surface area contributed by atoms with E-state index in [2.05, 4.69) is 25.7 Å². The van der Waals surface area contributed by atoms with Crippen molar-refractivity contribution in [2.75, 3.05) is 32.7 Å². The number of hydrogen-bond donors (Lipinski definition) is 1. The quantitative estimate of drug-likeness (QED) is 0.859. The second kappa shape index (κ2) is 6.02. The lowest BCUT2D eigenvalue weighted by molar-refractivity contribution is -0.161. The molecule has 0 radical (unpaired) electrons. The van der Waals surface area contributed by atoms with Gasteiger partial charge in [0.1, 0.15) is 0 Å². The van der Waals surface area contributed by atoms with Crippen molar-refractivity contribution in [3.8, 4) is 0 Å². The van der Waals surface area contributed by atoms with E-state index in [4.69, 9.17) is 0 Å². The summed E-state index contributed by atoms with van der Waals surface area (Å²) < 4.78 is 0. The Morgan fingerprint density at radius 1 is 1.10 bits per heavy atom. The van der Waals surface area contributed by atoms with E-state index in [1.54, 1.807) is 0 Å². The molecule has 0 spiro atoms. The lowest BCUT2D eigenvalue weighted by atomic mass is 9.88. The predicted molar refractivity (Wildman–Crippen MR) is 80.5 cm³/mol. The number of β-amino-alcohol motifs (C(OH)–C–C–N with tert-alkyl or cyclic N) is 1. The summed E-state index contributed by atoms with van der Waals surface area (Å²) in [6, 6.07) is 0. The van der Waals surface area contributed by atoms with Crippen LogP contribution in [0, 0.1) is 5.41 Å². The fourth-order valence-corrected chi connectivity index (χ4v) is 3.42. The van der Waals surface area contributed by atoms with Crippen LogP contribution in [0.4, 0.5) is 0 Å². The minimum Gasteiger partial charge on any atom is -0.379 e. The predicted octanol–water partition coefficient (Wildman–Crippen LogP) is 1.87. The van der Waals surface area contributed by atoms with Crippen molar-refractivity contribution in [3.05, 3.63) is 0 Å². The average Bonchev–Trinajstić information content (AvgIpc) is 2.35. The molecule has 1 unspecified atom stereocenters. The van der Waals surface area contributed by atoms with Gasteiger partial charge in [-0.1, -0.05) is 27.2 Å². The van der Waals surface area contributed by atoms with Crippen molar-refractivity contribution in [1.29, 1.82) is 0 Å². The minimum atomic E-state index is -1.15. The topological polar surface area (TPSA) is 43.8 Å². The highest BCUT2D eigenvalue weighted by Gasteiger charge is 2.44. The molecule has 1 amide bonds. The molecule has 1 N–H and O–H groups in total. The van der Waals surface area contributed by atoms with Crippen molar-refractivity contribution < 1.29 is 9.90 Å². The molecule has 2 rings (SSSR count). The van der Waals surface area contributed by atoms with Gasteiger partial charge in [0.05, 0.1) is 0 Å². The first kappa shape index (κ1) is 15.8. The molecule has 20 heavy (non-hydrogen) atoms. The molecule has 2 heterocycles. The Kier molecular flexibility index (Phi) is 4.75. The van der Waals surface area contributed by atoms with Crippen LogP contribution < -0.4 is 0 Å². The largest absolute Gasteiger partial charge is 0.379 e. The number of amides is 1. The second-order valence-electron chi connectivity index (χ2n) is 7.76. The van der Waals surface area contributed by atoms with Crippen LogP contribution in [0.3, 0.4) is 0 Å². The first-order valence-electron chi connectivity index (χ1n) is 8.04. The molecule has 2 aliphatic heterocycles. The smallest absolute Gasteiger partial charge is 0.255 e. The zero-order chi connectivity index (χ0) is 14.8. The van der Waals surface area contributed by atoms with E-state index in [0.717, 1.165) is 32.6 Å². The Morgan fingerprint density at radius 3 is 2.35 bits per heavy atom. The SMILES string of the molecule is CC(C)(C)CN1CCCC(O)(CN2CCCCC2)C1=O. The molecular weight excluding hydrogens is 252 g/mol. The molecule has 0 aromatic rings. The van der Waals surface area contributed by atoms with E-state index >= 15 is 0 Å². The van der Waals surface area contributed by atoms with Gasteiger partial charge in [0, 0.05) is 19.6 Å². The third-order valence-electron chi connectivity index (χ3n) is 4.30. The summed E-state index contributed by atoms with van der Waals surface area (Å²) in [4.78, 5) is 16.8. The molecule has 4 nitrogen and oxygen atoms in total. The van der Waals surface area contributed by atoms with Crippen LogP contribution in [0.15, 0.2) is 0 Å². The maximum absolute atomic E-state index is 12.6. The Balaban J connectivity index is 2.00. The number of likely N-dealkylation sites (tertiary alicyclic amines) is 2. The molecule has 0 aliphatic carbocycles. The number of carbonyl (C=O) groups is 1. The van der Waals surface area contributed by atoms with Gasteiger partial charge in [-0.15, -0.1) is 0 Å². The number of carbonyl (C=O) groups excluding carboxylic acids is 1. The summed E-state index contributed by atoms with van der Waals surface area (Å²) in [5, 5.41) is 10.8. The summed E-state index contributed by atoms with van der Waals surface area (Å²) in [5.41, 5.74) is -1.07. The van der Waals surface area contributed by atoms with Crippen LogP contribution in [0.1, 0.15) is 52.9 Å². The minimum absolute atomic E-state index is 0.0516. The Hall–Kier alpha value is -0.610. The van der Waals surface area contributed by atoms with Crippen LogP contribution in [-0.4, -0.2) is 59.1 Å². The van der Waals surface area contributed by atoms with Gasteiger partial charge in [-0.2, -0.15) is 0 Å². The van der Waals surface area contributed by atoms with Gasteiger partial charge < -0.3 is 10.0 Å². The van der Waals surface area contributed by atoms with E-state index in [0.29, 0.717) is 13.0 Å². The fraction of sp³-hybridized carbons (Fsp3) is 0.938. The summed E-state index contributed by atoms with van der Waals surface area (Å²) in [6.45, 7) is 10.5. The maximum atomic E-state index is 12.6. The molecule has 116 valence electrons. The lowest BCUT2D eigenvalue weighted by Crippen LogP contribution is -2.60. The van der Waals surface area contributed by atoms with Gasteiger partial charge in [0.2, 0.25) is 0 Å². The van der Waals surface area contributed by atoms with Crippen LogP contribution in [0.25, 0.3) is 0 Å². The maximum Gasteiger partial charge on any atom is 0.255 e. The second-order valence-corrected chi connectivity index (χ2v) is 7.76. The highest BCUT2D eigenvalue weighted by atomic mass is 16.3. The molecule has 2 fully saturated rings. The number of piperidine rings is 2. The Morgan fingerprint density at radius 2 is 1.75 bits per heavy atom. The first-order valence-corrected chi connectivity index (χ1v) is 8.04. The molecule has 4 heteroatoms. The van der Waals surface area contributed by atoms with E-state index in [-0.39, 0.29) is 11.3 Å². The number of hydrogen-bond acceptors (Lipinski definition) is 3. The zero-order valence-corrected chi connectivity index (χ0v) is 13.3. The summed E-state index contributed by atoms with van der Waals surface area (Å²) >= 11 is 0. The van der Waals surface area contributed by atoms with Gasteiger partial charge in [-0.05, 0) is 44.2 Å². The number of nitrogens with zero attached hydrogens (tertiary/aromatic N) is 2. The molecule has 1 atom stereocenters. The summed E-state index contributed by atoms with van der Waals surface area (Å²) in [6.07, 6.45) is 5.18. The van der Waals surface area contributed by atoms with Gasteiger partial charge >= 0.3 is 0 Å². The molecule has 2 saturated heterocycles. The van der Waals surface area contributed by atoms with Crippen molar-refractivity contribution >= 4 is 5.91 Å². The van der Waals surface area contributed by atoms with Crippen LogP contribution >= 0.6 is 0 Å². The molecule has 0 aromatic heterocycles. The average molecular weight is 282 g/mol. The van der Waals surface area contributed by atoms with E-state index < -0.39 is 5.60 Å². The van der Waals surface area contributed by atoms with Crippen LogP contribution in [0.5, 0.6) is 0 Å². The summed E-state index contributed by atoms with van der Waals surface area (Å²) in [7, 11) is 0. The molecule has 0 aromatic carbocycles. The molecule has 0 saturated carbocycles. The molecule has 0 bridgehead atoms. The first-order chi connectivity index (χ1) is 9.30. The number of rotatable bonds is 3. The molecular formula is C16H30N2O2. The van der Waals surface area contributed by atoms with Gasteiger partial charge in [0.15, 0.2) is 5.60 Å². The normalized spacial score (nSPS) is 29.8.